The molecule has 5 rings (SSSR count). The molecule has 33 heavy (non-hydrogen) atoms. The highest BCUT2D eigenvalue weighted by Gasteiger charge is 2.18. The molecule has 1 aromatic carbocycles. The van der Waals surface area contributed by atoms with Crippen LogP contribution in [0.25, 0.3) is 16.2 Å². The smallest absolute Gasteiger partial charge is 0.264 e. The average molecular weight is 478 g/mol. The molecule has 0 saturated carbocycles. The minimum absolute atomic E-state index is 0.00573. The number of sulfonamides is 1. The SMILES string of the molecule is O=C(Nc1ccc(S(=O)(=O)Nc2ncccn2)cc1)c1cnn2c(-c3cccs3)ccnc12. The summed E-state index contributed by atoms with van der Waals surface area (Å²) in [6.45, 7) is 0. The number of carbonyl (C=O) groups is 1. The quantitative estimate of drug-likeness (QED) is 0.384. The lowest BCUT2D eigenvalue weighted by atomic mass is 10.2. The number of nitrogens with one attached hydrogen (secondary N) is 2. The Morgan fingerprint density at radius 3 is 2.45 bits per heavy atom. The molecule has 10 nitrogen and oxygen atoms in total. The van der Waals surface area contributed by atoms with Gasteiger partial charge in [0.05, 0.1) is 21.7 Å². The number of nitrogens with zero attached hydrogens (tertiary/aromatic N) is 5. The van der Waals surface area contributed by atoms with Crippen molar-refractivity contribution in [1.82, 2.24) is 24.6 Å². The topological polar surface area (TPSA) is 131 Å². The van der Waals surface area contributed by atoms with Gasteiger partial charge in [0.1, 0.15) is 5.56 Å². The standard InChI is InChI=1S/C21H15N7O3S2/c29-20(16-13-25-28-17(8-11-22-19(16)28)18-3-1-12-32-18)26-14-4-6-15(7-5-14)33(30,31)27-21-23-9-2-10-24-21/h1-13H,(H,26,29)(H,23,24,27). The number of anilines is 2. The molecule has 0 radical (unpaired) electrons. The van der Waals surface area contributed by atoms with Gasteiger partial charge in [0.2, 0.25) is 5.95 Å². The molecule has 5 aromatic rings. The zero-order valence-corrected chi connectivity index (χ0v) is 18.4. The van der Waals surface area contributed by atoms with Crippen molar-refractivity contribution in [3.05, 3.63) is 84.3 Å². The molecule has 0 unspecified atom stereocenters. The van der Waals surface area contributed by atoms with Crippen LogP contribution in [-0.4, -0.2) is 38.9 Å². The van der Waals surface area contributed by atoms with Gasteiger partial charge in [-0.15, -0.1) is 11.3 Å². The maximum absolute atomic E-state index is 12.9. The van der Waals surface area contributed by atoms with E-state index in [9.17, 15) is 13.2 Å². The van der Waals surface area contributed by atoms with Gasteiger partial charge in [-0.1, -0.05) is 6.07 Å². The highest BCUT2D eigenvalue weighted by atomic mass is 32.2. The molecular weight excluding hydrogens is 462 g/mol. The van der Waals surface area contributed by atoms with Crippen molar-refractivity contribution in [2.45, 2.75) is 4.90 Å². The fourth-order valence-electron chi connectivity index (χ4n) is 3.11. The summed E-state index contributed by atoms with van der Waals surface area (Å²) in [5.74, 6) is -0.440. The largest absolute Gasteiger partial charge is 0.322 e. The predicted molar refractivity (Wildman–Crippen MR) is 124 cm³/mol. The summed E-state index contributed by atoms with van der Waals surface area (Å²) >= 11 is 1.56. The van der Waals surface area contributed by atoms with Gasteiger partial charge in [0.25, 0.3) is 15.9 Å². The molecule has 4 heterocycles. The maximum Gasteiger partial charge on any atom is 0.264 e. The van der Waals surface area contributed by atoms with Gasteiger partial charge in [-0.3, -0.25) is 4.79 Å². The summed E-state index contributed by atoms with van der Waals surface area (Å²) < 4.78 is 28.9. The molecule has 4 aromatic heterocycles. The zero-order valence-electron chi connectivity index (χ0n) is 16.8. The number of amides is 1. The van der Waals surface area contributed by atoms with Crippen LogP contribution in [0.1, 0.15) is 10.4 Å². The Labute approximate surface area is 192 Å². The molecule has 12 heteroatoms. The van der Waals surface area contributed by atoms with Crippen LogP contribution < -0.4 is 10.0 Å². The lowest BCUT2D eigenvalue weighted by molar-refractivity contribution is 0.102. The van der Waals surface area contributed by atoms with E-state index in [1.807, 2.05) is 23.6 Å². The Balaban J connectivity index is 1.35. The number of fused-ring (bicyclic) bond motifs is 1. The van der Waals surface area contributed by atoms with Gasteiger partial charge in [-0.2, -0.15) is 5.10 Å². The van der Waals surface area contributed by atoms with E-state index in [1.54, 1.807) is 28.1 Å². The highest BCUT2D eigenvalue weighted by Crippen LogP contribution is 2.25. The van der Waals surface area contributed by atoms with Crippen molar-refractivity contribution in [3.63, 3.8) is 0 Å². The molecule has 0 aliphatic rings. The van der Waals surface area contributed by atoms with E-state index in [4.69, 9.17) is 0 Å². The summed E-state index contributed by atoms with van der Waals surface area (Å²) in [5, 5.41) is 9.04. The third-order valence-corrected chi connectivity index (χ3v) is 6.87. The number of carbonyl (C=O) groups excluding carboxylic acids is 1. The van der Waals surface area contributed by atoms with Crippen LogP contribution in [0.15, 0.2) is 83.6 Å². The van der Waals surface area contributed by atoms with Crippen molar-refractivity contribution in [3.8, 4) is 10.6 Å². The van der Waals surface area contributed by atoms with E-state index in [0.29, 0.717) is 16.9 Å². The Morgan fingerprint density at radius 2 is 1.73 bits per heavy atom. The second-order valence-electron chi connectivity index (χ2n) is 6.76. The van der Waals surface area contributed by atoms with E-state index in [-0.39, 0.29) is 10.8 Å². The minimum atomic E-state index is -3.87. The van der Waals surface area contributed by atoms with Crippen molar-refractivity contribution >= 4 is 44.6 Å². The molecule has 0 aliphatic heterocycles. The number of hydrogen-bond acceptors (Lipinski definition) is 8. The van der Waals surface area contributed by atoms with Gasteiger partial charge < -0.3 is 5.32 Å². The Kier molecular flexibility index (Phi) is 5.28. The third kappa shape index (κ3) is 4.16. The summed E-state index contributed by atoms with van der Waals surface area (Å²) in [6, 6.07) is 13.1. The van der Waals surface area contributed by atoms with Crippen molar-refractivity contribution < 1.29 is 13.2 Å². The van der Waals surface area contributed by atoms with E-state index >= 15 is 0 Å². The Morgan fingerprint density at radius 1 is 0.939 bits per heavy atom. The van der Waals surface area contributed by atoms with Gasteiger partial charge in [0.15, 0.2) is 5.65 Å². The number of hydrogen-bond donors (Lipinski definition) is 2. The van der Waals surface area contributed by atoms with E-state index in [1.165, 1.54) is 42.9 Å². The van der Waals surface area contributed by atoms with Gasteiger partial charge in [-0.25, -0.2) is 32.6 Å². The summed E-state index contributed by atoms with van der Waals surface area (Å²) in [4.78, 5) is 25.9. The number of benzene rings is 1. The molecule has 0 saturated heterocycles. The summed E-state index contributed by atoms with van der Waals surface area (Å²) in [5.41, 5.74) is 1.97. The van der Waals surface area contributed by atoms with Crippen LogP contribution in [0.2, 0.25) is 0 Å². The first-order valence-electron chi connectivity index (χ1n) is 9.59. The van der Waals surface area contributed by atoms with Crippen LogP contribution in [-0.2, 0) is 10.0 Å². The Bertz CT molecular complexity index is 1530. The first kappa shape index (κ1) is 20.7. The summed E-state index contributed by atoms with van der Waals surface area (Å²) in [6.07, 6.45) is 5.95. The normalized spacial score (nSPS) is 11.4. The predicted octanol–water partition coefficient (Wildman–Crippen LogP) is 3.30. The van der Waals surface area contributed by atoms with Gasteiger partial charge in [0, 0.05) is 24.3 Å². The lowest BCUT2D eigenvalue weighted by Crippen LogP contribution is -2.15. The molecule has 0 fully saturated rings. The molecular formula is C21H15N7O3S2. The van der Waals surface area contributed by atoms with Crippen LogP contribution in [0.3, 0.4) is 0 Å². The average Bonchev–Trinajstić information content (AvgIpc) is 3.50. The number of aromatic nitrogens is 5. The molecule has 0 aliphatic carbocycles. The van der Waals surface area contributed by atoms with Crippen LogP contribution >= 0.6 is 11.3 Å². The molecule has 1 amide bonds. The second kappa shape index (κ2) is 8.41. The molecule has 2 N–H and O–H groups in total. The van der Waals surface area contributed by atoms with Crippen LogP contribution in [0, 0.1) is 0 Å². The van der Waals surface area contributed by atoms with Gasteiger partial charge in [-0.05, 0) is 47.8 Å². The molecule has 0 bridgehead atoms. The van der Waals surface area contributed by atoms with Crippen LogP contribution in [0.4, 0.5) is 11.6 Å². The number of thiophene rings is 1. The van der Waals surface area contributed by atoms with E-state index in [2.05, 4.69) is 30.1 Å². The van der Waals surface area contributed by atoms with Crippen molar-refractivity contribution in [2.24, 2.45) is 0 Å². The maximum atomic E-state index is 12.9. The second-order valence-corrected chi connectivity index (χ2v) is 9.39. The van der Waals surface area contributed by atoms with Crippen LogP contribution in [0.5, 0.6) is 0 Å². The summed E-state index contributed by atoms with van der Waals surface area (Å²) in [7, 11) is -3.87. The minimum Gasteiger partial charge on any atom is -0.322 e. The fourth-order valence-corrected chi connectivity index (χ4v) is 4.80. The number of rotatable bonds is 6. The molecule has 0 spiro atoms. The lowest BCUT2D eigenvalue weighted by Gasteiger charge is -2.08. The zero-order chi connectivity index (χ0) is 22.8. The highest BCUT2D eigenvalue weighted by molar-refractivity contribution is 7.92. The first-order valence-corrected chi connectivity index (χ1v) is 12.0. The van der Waals surface area contributed by atoms with E-state index < -0.39 is 15.9 Å². The molecule has 0 atom stereocenters. The molecule has 164 valence electrons. The third-order valence-electron chi connectivity index (χ3n) is 4.63. The van der Waals surface area contributed by atoms with Crippen molar-refractivity contribution in [2.75, 3.05) is 10.0 Å². The Hall–Kier alpha value is -4.16. The van der Waals surface area contributed by atoms with Gasteiger partial charge >= 0.3 is 0 Å². The van der Waals surface area contributed by atoms with E-state index in [0.717, 1.165) is 10.6 Å². The monoisotopic (exact) mass is 477 g/mol. The first-order chi connectivity index (χ1) is 16.0. The fraction of sp³-hybridized carbons (Fsp3) is 0. The van der Waals surface area contributed by atoms with Crippen molar-refractivity contribution in [1.29, 1.82) is 0 Å².